The molecule has 0 saturated carbocycles. The first kappa shape index (κ1) is 24.8. The fraction of sp³-hybridized carbons (Fsp3) is 0.565. The number of imide groups is 1. The number of imidazole rings is 1. The smallest absolute Gasteiger partial charge is 0.410 e. The number of piperidine rings is 2. The second kappa shape index (κ2) is 9.21. The van der Waals surface area contributed by atoms with Crippen LogP contribution in [0, 0.1) is 0 Å². The molecule has 2 aliphatic rings. The molecule has 0 radical (unpaired) electrons. The quantitative estimate of drug-likeness (QED) is 0.668. The van der Waals surface area contributed by atoms with Crippen molar-refractivity contribution in [2.45, 2.75) is 64.0 Å². The lowest BCUT2D eigenvalue weighted by Gasteiger charge is -2.33. The topological polar surface area (TPSA) is 103 Å². The van der Waals surface area contributed by atoms with E-state index >= 15 is 0 Å². The van der Waals surface area contributed by atoms with Gasteiger partial charge in [0.05, 0.1) is 11.0 Å². The maximum atomic E-state index is 12.9. The van der Waals surface area contributed by atoms with E-state index in [1.807, 2.05) is 39.0 Å². The molecule has 0 spiro atoms. The van der Waals surface area contributed by atoms with Crippen molar-refractivity contribution in [1.29, 1.82) is 0 Å². The van der Waals surface area contributed by atoms with Gasteiger partial charge in [-0.3, -0.25) is 24.0 Å². The summed E-state index contributed by atoms with van der Waals surface area (Å²) in [6.45, 7) is 6.82. The summed E-state index contributed by atoms with van der Waals surface area (Å²) in [4.78, 5) is 50.9. The van der Waals surface area contributed by atoms with Crippen molar-refractivity contribution in [2.24, 2.45) is 7.05 Å². The van der Waals surface area contributed by atoms with Gasteiger partial charge in [-0.1, -0.05) is 6.07 Å². The van der Waals surface area contributed by atoms with Crippen LogP contribution in [-0.2, 0) is 21.4 Å². The van der Waals surface area contributed by atoms with Crippen LogP contribution in [0.15, 0.2) is 23.0 Å². The molecular formula is C23H31ClN4O5. The van der Waals surface area contributed by atoms with Crippen molar-refractivity contribution in [3.8, 4) is 0 Å². The third-order valence-electron chi connectivity index (χ3n) is 6.25. The molecule has 0 bridgehead atoms. The summed E-state index contributed by atoms with van der Waals surface area (Å²) in [5.41, 5.74) is 1.76. The van der Waals surface area contributed by atoms with Gasteiger partial charge >= 0.3 is 11.8 Å². The van der Waals surface area contributed by atoms with E-state index in [-0.39, 0.29) is 42.4 Å². The van der Waals surface area contributed by atoms with E-state index < -0.39 is 17.6 Å². The van der Waals surface area contributed by atoms with Gasteiger partial charge in [-0.2, -0.15) is 0 Å². The lowest BCUT2D eigenvalue weighted by molar-refractivity contribution is -0.135. The van der Waals surface area contributed by atoms with E-state index in [2.05, 4.69) is 5.32 Å². The Kier molecular flexibility index (Phi) is 6.93. The molecule has 10 heteroatoms. The second-order valence-electron chi connectivity index (χ2n) is 9.67. The number of carbonyl (C=O) groups is 3. The molecule has 1 atom stereocenters. The zero-order valence-electron chi connectivity index (χ0n) is 19.4. The Morgan fingerprint density at radius 3 is 2.33 bits per heavy atom. The third kappa shape index (κ3) is 4.93. The number of hydrogen-bond donors (Lipinski definition) is 1. The third-order valence-corrected chi connectivity index (χ3v) is 6.25. The number of aryl methyl sites for hydroxylation is 1. The molecule has 2 aliphatic heterocycles. The number of fused-ring (bicyclic) bond motifs is 1. The monoisotopic (exact) mass is 478 g/mol. The molecule has 2 saturated heterocycles. The van der Waals surface area contributed by atoms with Gasteiger partial charge in [0.2, 0.25) is 11.8 Å². The highest BCUT2D eigenvalue weighted by atomic mass is 35.5. The minimum absolute atomic E-state index is 0. The first-order valence-corrected chi connectivity index (χ1v) is 11.1. The Hall–Kier alpha value is -2.81. The number of hydrogen-bond acceptors (Lipinski definition) is 5. The molecule has 4 rings (SSSR count). The van der Waals surface area contributed by atoms with Crippen LogP contribution < -0.4 is 11.0 Å². The summed E-state index contributed by atoms with van der Waals surface area (Å²) in [5.74, 6) is -0.471. The highest BCUT2D eigenvalue weighted by molar-refractivity contribution is 6.00. The van der Waals surface area contributed by atoms with Crippen molar-refractivity contribution in [1.82, 2.24) is 19.4 Å². The van der Waals surface area contributed by atoms with Gasteiger partial charge in [0.15, 0.2) is 0 Å². The molecule has 2 aromatic rings. The highest BCUT2D eigenvalue weighted by Gasteiger charge is 2.32. The van der Waals surface area contributed by atoms with E-state index in [1.54, 1.807) is 16.5 Å². The SMILES string of the molecule is Cl.Cn1c(=O)n(C2CCC(=O)NC2=O)c2ccc(C3CCN(C(=O)OC(C)(C)C)CC3)cc21. The fourth-order valence-electron chi connectivity index (χ4n) is 4.59. The number of benzene rings is 1. The summed E-state index contributed by atoms with van der Waals surface area (Å²) < 4.78 is 8.52. The molecule has 1 aromatic carbocycles. The molecule has 3 amide bonds. The summed E-state index contributed by atoms with van der Waals surface area (Å²) in [6, 6.07) is 5.20. The van der Waals surface area contributed by atoms with E-state index in [0.717, 1.165) is 23.9 Å². The van der Waals surface area contributed by atoms with Gasteiger partial charge in [-0.25, -0.2) is 9.59 Å². The van der Waals surface area contributed by atoms with Gasteiger partial charge in [0, 0.05) is 26.6 Å². The Balaban J connectivity index is 0.00000306. The lowest BCUT2D eigenvalue weighted by Crippen LogP contribution is -2.44. The van der Waals surface area contributed by atoms with Gasteiger partial charge in [-0.15, -0.1) is 12.4 Å². The van der Waals surface area contributed by atoms with Crippen LogP contribution in [0.2, 0.25) is 0 Å². The Morgan fingerprint density at radius 1 is 1.06 bits per heavy atom. The van der Waals surface area contributed by atoms with E-state index in [0.29, 0.717) is 25.0 Å². The van der Waals surface area contributed by atoms with Crippen molar-refractivity contribution < 1.29 is 19.1 Å². The molecule has 33 heavy (non-hydrogen) atoms. The van der Waals surface area contributed by atoms with Crippen LogP contribution in [0.25, 0.3) is 11.0 Å². The largest absolute Gasteiger partial charge is 0.444 e. The predicted octanol–water partition coefficient (Wildman–Crippen LogP) is 2.85. The first-order chi connectivity index (χ1) is 15.0. The second-order valence-corrected chi connectivity index (χ2v) is 9.67. The number of aromatic nitrogens is 2. The fourth-order valence-corrected chi connectivity index (χ4v) is 4.59. The van der Waals surface area contributed by atoms with Crippen LogP contribution in [0.3, 0.4) is 0 Å². The first-order valence-electron chi connectivity index (χ1n) is 11.1. The van der Waals surface area contributed by atoms with Gasteiger partial charge in [0.1, 0.15) is 11.6 Å². The normalized spacial score (nSPS) is 19.9. The predicted molar refractivity (Wildman–Crippen MR) is 126 cm³/mol. The van der Waals surface area contributed by atoms with Gasteiger partial charge < -0.3 is 9.64 Å². The number of likely N-dealkylation sites (tertiary alicyclic amines) is 1. The lowest BCUT2D eigenvalue weighted by atomic mass is 9.89. The van der Waals surface area contributed by atoms with Crippen LogP contribution in [0.4, 0.5) is 4.79 Å². The molecular weight excluding hydrogens is 448 g/mol. The average Bonchev–Trinajstić information content (AvgIpc) is 2.97. The number of amides is 3. The maximum absolute atomic E-state index is 12.9. The van der Waals surface area contributed by atoms with E-state index in [9.17, 15) is 19.2 Å². The number of nitrogens with zero attached hydrogens (tertiary/aromatic N) is 3. The number of rotatable bonds is 2. The van der Waals surface area contributed by atoms with Crippen molar-refractivity contribution in [3.05, 3.63) is 34.2 Å². The number of carbonyl (C=O) groups excluding carboxylic acids is 3. The van der Waals surface area contributed by atoms with Gasteiger partial charge in [-0.05, 0) is 63.6 Å². The minimum atomic E-state index is -0.688. The zero-order chi connectivity index (χ0) is 23.2. The molecule has 1 N–H and O–H groups in total. The van der Waals surface area contributed by atoms with E-state index in [1.165, 1.54) is 4.57 Å². The van der Waals surface area contributed by atoms with Crippen molar-refractivity contribution in [2.75, 3.05) is 13.1 Å². The highest BCUT2D eigenvalue weighted by Crippen LogP contribution is 2.31. The zero-order valence-corrected chi connectivity index (χ0v) is 20.2. The molecule has 2 fully saturated rings. The average molecular weight is 479 g/mol. The van der Waals surface area contributed by atoms with Crippen LogP contribution in [0.5, 0.6) is 0 Å². The molecule has 1 unspecified atom stereocenters. The molecule has 9 nitrogen and oxygen atoms in total. The molecule has 0 aliphatic carbocycles. The van der Waals surface area contributed by atoms with Crippen molar-refractivity contribution >= 4 is 41.3 Å². The number of halogens is 1. The summed E-state index contributed by atoms with van der Waals surface area (Å²) in [7, 11) is 1.70. The number of nitrogens with one attached hydrogen (secondary N) is 1. The van der Waals surface area contributed by atoms with E-state index in [4.69, 9.17) is 4.74 Å². The Bertz CT molecular complexity index is 1140. The standard InChI is InChI=1S/C23H30N4O5.ClH/c1-23(2,3)32-22(31)26-11-9-14(10-12-26)15-5-6-16-18(13-15)25(4)21(30)27(16)17-7-8-19(28)24-20(17)29;/h5-6,13-14,17H,7-12H2,1-4H3,(H,24,28,29);1H. The Morgan fingerprint density at radius 2 is 1.73 bits per heavy atom. The van der Waals surface area contributed by atoms with Crippen LogP contribution in [-0.4, -0.2) is 50.6 Å². The van der Waals surface area contributed by atoms with Gasteiger partial charge in [0.25, 0.3) is 0 Å². The summed E-state index contributed by atoms with van der Waals surface area (Å²) in [6.07, 6.45) is 1.87. The molecule has 180 valence electrons. The summed E-state index contributed by atoms with van der Waals surface area (Å²) in [5, 5.41) is 2.33. The number of ether oxygens (including phenoxy) is 1. The molecule has 1 aromatic heterocycles. The van der Waals surface area contributed by atoms with Crippen molar-refractivity contribution in [3.63, 3.8) is 0 Å². The maximum Gasteiger partial charge on any atom is 0.410 e. The van der Waals surface area contributed by atoms with Crippen LogP contribution >= 0.6 is 12.4 Å². The Labute approximate surface area is 198 Å². The minimum Gasteiger partial charge on any atom is -0.444 e. The summed E-state index contributed by atoms with van der Waals surface area (Å²) >= 11 is 0. The molecule has 3 heterocycles. The van der Waals surface area contributed by atoms with Crippen LogP contribution in [0.1, 0.15) is 64.0 Å².